The zero-order chi connectivity index (χ0) is 14.0. The van der Waals surface area contributed by atoms with Crippen molar-refractivity contribution in [3.63, 3.8) is 0 Å². The van der Waals surface area contributed by atoms with E-state index in [9.17, 15) is 9.90 Å². The molecule has 3 nitrogen and oxygen atoms in total. The molecule has 0 unspecified atom stereocenters. The van der Waals surface area contributed by atoms with Crippen LogP contribution in [-0.4, -0.2) is 11.1 Å². The van der Waals surface area contributed by atoms with Gasteiger partial charge in [0.25, 0.3) is 0 Å². The van der Waals surface area contributed by atoms with Gasteiger partial charge in [-0.15, -0.1) is 0 Å². The van der Waals surface area contributed by atoms with Crippen LogP contribution in [0.1, 0.15) is 27.0 Å². The Kier molecular flexibility index (Phi) is 3.56. The number of nitrogens with one attached hydrogen (secondary N) is 1. The van der Waals surface area contributed by atoms with Crippen molar-refractivity contribution < 1.29 is 9.90 Å². The third kappa shape index (κ3) is 3.13. The van der Waals surface area contributed by atoms with Gasteiger partial charge in [0.05, 0.1) is 11.3 Å². The second kappa shape index (κ2) is 5.14. The first kappa shape index (κ1) is 13.1. The van der Waals surface area contributed by atoms with E-state index in [2.05, 4.69) is 11.4 Å². The highest BCUT2D eigenvalue weighted by molar-refractivity contribution is 5.95. The van der Waals surface area contributed by atoms with E-state index >= 15 is 0 Å². The number of hydrogen-bond acceptors (Lipinski definition) is 2. The molecule has 2 N–H and O–H groups in total. The van der Waals surface area contributed by atoms with Gasteiger partial charge in [0.2, 0.25) is 0 Å². The molecule has 0 aromatic heterocycles. The number of anilines is 2. The number of carboxylic acids is 1. The third-order valence-corrected chi connectivity index (χ3v) is 2.91. The summed E-state index contributed by atoms with van der Waals surface area (Å²) in [6.45, 7) is 5.98. The second-order valence-corrected chi connectivity index (χ2v) is 4.86. The quantitative estimate of drug-likeness (QED) is 0.869. The Morgan fingerprint density at radius 1 is 0.947 bits per heavy atom. The highest BCUT2D eigenvalue weighted by atomic mass is 16.4. The van der Waals surface area contributed by atoms with Gasteiger partial charge in [-0.25, -0.2) is 4.79 Å². The molecule has 0 saturated carbocycles. The molecular formula is C16H17NO2. The topological polar surface area (TPSA) is 49.3 Å². The SMILES string of the molecule is Cc1cc(C)cc(Nc2cc(C)ccc2C(=O)O)c1. The summed E-state index contributed by atoms with van der Waals surface area (Å²) in [7, 11) is 0. The molecule has 2 aromatic carbocycles. The van der Waals surface area contributed by atoms with Crippen LogP contribution in [0.4, 0.5) is 11.4 Å². The van der Waals surface area contributed by atoms with Gasteiger partial charge >= 0.3 is 5.97 Å². The first-order valence-corrected chi connectivity index (χ1v) is 6.15. The largest absolute Gasteiger partial charge is 0.478 e. The van der Waals surface area contributed by atoms with E-state index in [-0.39, 0.29) is 5.56 Å². The van der Waals surface area contributed by atoms with E-state index < -0.39 is 5.97 Å². The van der Waals surface area contributed by atoms with Gasteiger partial charge in [-0.05, 0) is 61.7 Å². The van der Waals surface area contributed by atoms with Crippen molar-refractivity contribution in [2.24, 2.45) is 0 Å². The molecule has 19 heavy (non-hydrogen) atoms. The van der Waals surface area contributed by atoms with Crippen molar-refractivity contribution in [3.8, 4) is 0 Å². The average molecular weight is 255 g/mol. The molecule has 0 heterocycles. The van der Waals surface area contributed by atoms with E-state index in [1.54, 1.807) is 12.1 Å². The molecule has 0 aliphatic rings. The van der Waals surface area contributed by atoms with Crippen molar-refractivity contribution in [1.82, 2.24) is 0 Å². The fourth-order valence-corrected chi connectivity index (χ4v) is 2.15. The molecule has 0 aliphatic carbocycles. The smallest absolute Gasteiger partial charge is 0.337 e. The van der Waals surface area contributed by atoms with Gasteiger partial charge in [0, 0.05) is 5.69 Å². The minimum Gasteiger partial charge on any atom is -0.478 e. The molecule has 2 rings (SSSR count). The maximum absolute atomic E-state index is 11.2. The van der Waals surface area contributed by atoms with E-state index in [4.69, 9.17) is 0 Å². The molecule has 0 spiro atoms. The minimum atomic E-state index is -0.924. The van der Waals surface area contributed by atoms with Crippen molar-refractivity contribution in [3.05, 3.63) is 58.7 Å². The first-order chi connectivity index (χ1) is 8.95. The predicted molar refractivity (Wildman–Crippen MR) is 77.3 cm³/mol. The van der Waals surface area contributed by atoms with Crippen LogP contribution in [0.25, 0.3) is 0 Å². The molecule has 0 fully saturated rings. The molecule has 2 aromatic rings. The monoisotopic (exact) mass is 255 g/mol. The number of hydrogen-bond donors (Lipinski definition) is 2. The lowest BCUT2D eigenvalue weighted by Crippen LogP contribution is -2.03. The van der Waals surface area contributed by atoms with Crippen LogP contribution in [0.3, 0.4) is 0 Å². The first-order valence-electron chi connectivity index (χ1n) is 6.15. The summed E-state index contributed by atoms with van der Waals surface area (Å²) in [5.41, 5.74) is 5.13. The Balaban J connectivity index is 2.42. The van der Waals surface area contributed by atoms with Crippen LogP contribution in [-0.2, 0) is 0 Å². The maximum atomic E-state index is 11.2. The molecule has 0 amide bonds. The van der Waals surface area contributed by atoms with E-state index in [0.29, 0.717) is 5.69 Å². The van der Waals surface area contributed by atoms with Gasteiger partial charge in [0.15, 0.2) is 0 Å². The van der Waals surface area contributed by atoms with Crippen LogP contribution in [0, 0.1) is 20.8 Å². The van der Waals surface area contributed by atoms with Gasteiger partial charge < -0.3 is 10.4 Å². The summed E-state index contributed by atoms with van der Waals surface area (Å²) >= 11 is 0. The van der Waals surface area contributed by atoms with Crippen molar-refractivity contribution in [2.45, 2.75) is 20.8 Å². The molecule has 0 saturated heterocycles. The van der Waals surface area contributed by atoms with Gasteiger partial charge in [-0.3, -0.25) is 0 Å². The normalized spacial score (nSPS) is 10.3. The molecular weight excluding hydrogens is 238 g/mol. The number of carbonyl (C=O) groups is 1. The number of rotatable bonds is 3. The number of benzene rings is 2. The Morgan fingerprint density at radius 3 is 2.16 bits per heavy atom. The van der Waals surface area contributed by atoms with Crippen molar-refractivity contribution >= 4 is 17.3 Å². The summed E-state index contributed by atoms with van der Waals surface area (Å²) in [4.78, 5) is 11.2. The Hall–Kier alpha value is -2.29. The molecule has 0 radical (unpaired) electrons. The molecule has 0 bridgehead atoms. The van der Waals surface area contributed by atoms with Crippen LogP contribution >= 0.6 is 0 Å². The van der Waals surface area contributed by atoms with Crippen LogP contribution in [0.2, 0.25) is 0 Å². The van der Waals surface area contributed by atoms with Gasteiger partial charge in [-0.1, -0.05) is 12.1 Å². The summed E-state index contributed by atoms with van der Waals surface area (Å²) < 4.78 is 0. The van der Waals surface area contributed by atoms with E-state index in [1.165, 1.54) is 0 Å². The van der Waals surface area contributed by atoms with Crippen molar-refractivity contribution in [1.29, 1.82) is 0 Å². The minimum absolute atomic E-state index is 0.282. The lowest BCUT2D eigenvalue weighted by Gasteiger charge is -2.12. The summed E-state index contributed by atoms with van der Waals surface area (Å²) in [6.07, 6.45) is 0. The average Bonchev–Trinajstić information content (AvgIpc) is 2.26. The fourth-order valence-electron chi connectivity index (χ4n) is 2.15. The van der Waals surface area contributed by atoms with Crippen LogP contribution < -0.4 is 5.32 Å². The zero-order valence-corrected chi connectivity index (χ0v) is 11.3. The fraction of sp³-hybridized carbons (Fsp3) is 0.188. The number of aromatic carboxylic acids is 1. The highest BCUT2D eigenvalue weighted by Crippen LogP contribution is 2.24. The Morgan fingerprint density at radius 2 is 1.58 bits per heavy atom. The molecule has 0 atom stereocenters. The highest BCUT2D eigenvalue weighted by Gasteiger charge is 2.10. The Labute approximate surface area is 112 Å². The lowest BCUT2D eigenvalue weighted by molar-refractivity contribution is 0.0698. The Bertz CT molecular complexity index is 612. The number of aryl methyl sites for hydroxylation is 3. The van der Waals surface area contributed by atoms with E-state index in [1.807, 2.05) is 39.0 Å². The van der Waals surface area contributed by atoms with E-state index in [0.717, 1.165) is 22.4 Å². The lowest BCUT2D eigenvalue weighted by atomic mass is 10.1. The second-order valence-electron chi connectivity index (χ2n) is 4.86. The predicted octanol–water partition coefficient (Wildman–Crippen LogP) is 4.05. The maximum Gasteiger partial charge on any atom is 0.337 e. The summed E-state index contributed by atoms with van der Waals surface area (Å²) in [6, 6.07) is 11.4. The standard InChI is InChI=1S/C16H17NO2/c1-10-4-5-14(16(18)19)15(9-10)17-13-7-11(2)6-12(3)8-13/h4-9,17H,1-3H3,(H,18,19). The van der Waals surface area contributed by atoms with Crippen LogP contribution in [0.15, 0.2) is 36.4 Å². The van der Waals surface area contributed by atoms with Crippen molar-refractivity contribution in [2.75, 3.05) is 5.32 Å². The van der Waals surface area contributed by atoms with Gasteiger partial charge in [-0.2, -0.15) is 0 Å². The molecule has 3 heteroatoms. The third-order valence-electron chi connectivity index (χ3n) is 2.91. The molecule has 0 aliphatic heterocycles. The summed E-state index contributed by atoms with van der Waals surface area (Å²) in [5, 5.41) is 12.4. The van der Waals surface area contributed by atoms with Gasteiger partial charge in [0.1, 0.15) is 0 Å². The number of carboxylic acid groups (broad SMARTS) is 1. The zero-order valence-electron chi connectivity index (χ0n) is 11.3. The van der Waals surface area contributed by atoms with Crippen LogP contribution in [0.5, 0.6) is 0 Å². The summed E-state index contributed by atoms with van der Waals surface area (Å²) in [5.74, 6) is -0.924. The molecule has 98 valence electrons.